The van der Waals surface area contributed by atoms with E-state index < -0.39 is 0 Å². The van der Waals surface area contributed by atoms with E-state index in [2.05, 4.69) is 50.4 Å². The maximum atomic E-state index is 5.29. The molecule has 0 saturated heterocycles. The Labute approximate surface area is 123 Å². The molecule has 0 heterocycles. The third-order valence-electron chi connectivity index (χ3n) is 4.19. The van der Waals surface area contributed by atoms with E-state index in [1.165, 1.54) is 18.4 Å². The Morgan fingerprint density at radius 1 is 1.40 bits per heavy atom. The summed E-state index contributed by atoms with van der Waals surface area (Å²) in [6.07, 6.45) is 4.96. The maximum absolute atomic E-state index is 5.29. The van der Waals surface area contributed by atoms with Gasteiger partial charge in [-0.25, -0.2) is 0 Å². The molecule has 1 aromatic carbocycles. The Hall–Kier alpha value is -1.28. The summed E-state index contributed by atoms with van der Waals surface area (Å²) in [7, 11) is 1.72. The first kappa shape index (κ1) is 15.1. The van der Waals surface area contributed by atoms with E-state index >= 15 is 0 Å². The van der Waals surface area contributed by atoms with Crippen LogP contribution in [0.2, 0.25) is 0 Å². The maximum Gasteiger partial charge on any atom is 0.119 e. The normalized spacial score (nSPS) is 24.1. The molecule has 110 valence electrons. The second kappa shape index (κ2) is 6.94. The monoisotopic (exact) mass is 273 g/mol. The van der Waals surface area contributed by atoms with Gasteiger partial charge in [-0.15, -0.1) is 0 Å². The van der Waals surface area contributed by atoms with Crippen molar-refractivity contribution in [2.45, 2.75) is 39.7 Å². The van der Waals surface area contributed by atoms with Crippen LogP contribution in [0.3, 0.4) is 0 Å². The highest BCUT2D eigenvalue weighted by Gasteiger charge is 2.18. The van der Waals surface area contributed by atoms with Crippen molar-refractivity contribution in [3.8, 4) is 5.75 Å². The van der Waals surface area contributed by atoms with E-state index in [1.54, 1.807) is 12.7 Å². The van der Waals surface area contributed by atoms with Crippen molar-refractivity contribution in [3.63, 3.8) is 0 Å². The quantitative estimate of drug-likeness (QED) is 0.806. The van der Waals surface area contributed by atoms with Crippen LogP contribution in [0.4, 0.5) is 0 Å². The van der Waals surface area contributed by atoms with Gasteiger partial charge in [-0.3, -0.25) is 0 Å². The second-order valence-electron chi connectivity index (χ2n) is 6.20. The zero-order valence-corrected chi connectivity index (χ0v) is 13.1. The first-order chi connectivity index (χ1) is 9.58. The Kier molecular flexibility index (Phi) is 5.24. The van der Waals surface area contributed by atoms with Crippen LogP contribution in [0, 0.1) is 11.8 Å². The number of methoxy groups -OCH3 is 1. The van der Waals surface area contributed by atoms with Crippen molar-refractivity contribution < 1.29 is 4.74 Å². The van der Waals surface area contributed by atoms with Crippen LogP contribution in [-0.4, -0.2) is 13.7 Å². The number of hydrogen-bond donors (Lipinski definition) is 1. The fourth-order valence-electron chi connectivity index (χ4n) is 3.21. The van der Waals surface area contributed by atoms with Crippen molar-refractivity contribution >= 4 is 0 Å². The zero-order valence-electron chi connectivity index (χ0n) is 13.1. The van der Waals surface area contributed by atoms with Crippen molar-refractivity contribution in [2.24, 2.45) is 11.8 Å². The van der Waals surface area contributed by atoms with E-state index in [9.17, 15) is 0 Å². The lowest BCUT2D eigenvalue weighted by atomic mass is 9.83. The standard InChI is InChI=1S/C18H27NO/c1-13-8-14(2)10-16(9-13)12-19-15(3)17-6-5-7-18(11-17)20-4/h5-8,11,13,15-16,19H,9-10,12H2,1-4H3. The summed E-state index contributed by atoms with van der Waals surface area (Å²) in [5.41, 5.74) is 2.84. The fraction of sp³-hybridized carbons (Fsp3) is 0.556. The summed E-state index contributed by atoms with van der Waals surface area (Å²) < 4.78 is 5.29. The van der Waals surface area contributed by atoms with Crippen molar-refractivity contribution in [1.29, 1.82) is 0 Å². The topological polar surface area (TPSA) is 21.3 Å². The van der Waals surface area contributed by atoms with E-state index in [-0.39, 0.29) is 0 Å². The summed E-state index contributed by atoms with van der Waals surface area (Å²) in [5, 5.41) is 3.68. The van der Waals surface area contributed by atoms with Gasteiger partial charge in [0.2, 0.25) is 0 Å². The Morgan fingerprint density at radius 2 is 2.20 bits per heavy atom. The SMILES string of the molecule is COc1cccc(C(C)NCC2CC(C)=CC(C)C2)c1. The minimum atomic E-state index is 0.367. The minimum Gasteiger partial charge on any atom is -0.497 e. The number of nitrogens with one attached hydrogen (secondary N) is 1. The van der Waals surface area contributed by atoms with Gasteiger partial charge >= 0.3 is 0 Å². The molecule has 1 N–H and O–H groups in total. The van der Waals surface area contributed by atoms with Gasteiger partial charge in [0.15, 0.2) is 0 Å². The highest BCUT2D eigenvalue weighted by molar-refractivity contribution is 5.30. The van der Waals surface area contributed by atoms with Gasteiger partial charge in [-0.2, -0.15) is 0 Å². The average Bonchev–Trinajstić information content (AvgIpc) is 2.44. The van der Waals surface area contributed by atoms with Gasteiger partial charge in [-0.05, 0) is 62.8 Å². The van der Waals surface area contributed by atoms with Crippen LogP contribution in [0.5, 0.6) is 5.75 Å². The molecule has 20 heavy (non-hydrogen) atoms. The second-order valence-corrected chi connectivity index (χ2v) is 6.20. The molecule has 1 aromatic rings. The van der Waals surface area contributed by atoms with Gasteiger partial charge in [0.05, 0.1) is 7.11 Å². The van der Waals surface area contributed by atoms with Crippen LogP contribution in [0.25, 0.3) is 0 Å². The molecular formula is C18H27NO. The van der Waals surface area contributed by atoms with Gasteiger partial charge in [0, 0.05) is 6.04 Å². The molecule has 2 heteroatoms. The van der Waals surface area contributed by atoms with Crippen molar-refractivity contribution in [2.75, 3.05) is 13.7 Å². The Bertz CT molecular complexity index is 466. The largest absolute Gasteiger partial charge is 0.497 e. The number of hydrogen-bond acceptors (Lipinski definition) is 2. The first-order valence-electron chi connectivity index (χ1n) is 7.63. The van der Waals surface area contributed by atoms with Crippen LogP contribution in [0.1, 0.15) is 45.2 Å². The third-order valence-corrected chi connectivity index (χ3v) is 4.19. The number of allylic oxidation sites excluding steroid dienone is 2. The van der Waals surface area contributed by atoms with Crippen LogP contribution in [0.15, 0.2) is 35.9 Å². The molecule has 0 amide bonds. The zero-order chi connectivity index (χ0) is 14.5. The third kappa shape index (κ3) is 4.11. The van der Waals surface area contributed by atoms with Crippen LogP contribution >= 0.6 is 0 Å². The molecule has 3 atom stereocenters. The molecule has 0 aromatic heterocycles. The highest BCUT2D eigenvalue weighted by atomic mass is 16.5. The molecule has 2 rings (SSSR count). The van der Waals surface area contributed by atoms with Crippen LogP contribution in [-0.2, 0) is 0 Å². The molecule has 0 bridgehead atoms. The van der Waals surface area contributed by atoms with E-state index in [1.807, 2.05) is 6.07 Å². The van der Waals surface area contributed by atoms with E-state index in [0.29, 0.717) is 6.04 Å². The molecule has 0 radical (unpaired) electrons. The highest BCUT2D eigenvalue weighted by Crippen LogP contribution is 2.28. The van der Waals surface area contributed by atoms with Gasteiger partial charge in [-0.1, -0.05) is 30.7 Å². The molecule has 0 fully saturated rings. The molecule has 3 unspecified atom stereocenters. The van der Waals surface area contributed by atoms with Crippen molar-refractivity contribution in [1.82, 2.24) is 5.32 Å². The van der Waals surface area contributed by atoms with Gasteiger partial charge < -0.3 is 10.1 Å². The lowest BCUT2D eigenvalue weighted by Crippen LogP contribution is -2.28. The molecular weight excluding hydrogens is 246 g/mol. The van der Waals surface area contributed by atoms with Crippen LogP contribution < -0.4 is 10.1 Å². The predicted molar refractivity (Wildman–Crippen MR) is 85.1 cm³/mol. The molecule has 2 nitrogen and oxygen atoms in total. The Balaban J connectivity index is 1.88. The molecule has 0 spiro atoms. The molecule has 1 aliphatic rings. The van der Waals surface area contributed by atoms with Gasteiger partial charge in [0.25, 0.3) is 0 Å². The van der Waals surface area contributed by atoms with E-state index in [4.69, 9.17) is 4.74 Å². The number of ether oxygens (including phenoxy) is 1. The molecule has 0 aliphatic heterocycles. The predicted octanol–water partition coefficient (Wildman–Crippen LogP) is 4.34. The first-order valence-corrected chi connectivity index (χ1v) is 7.63. The van der Waals surface area contributed by atoms with Crippen molar-refractivity contribution in [3.05, 3.63) is 41.5 Å². The average molecular weight is 273 g/mol. The number of benzene rings is 1. The summed E-state index contributed by atoms with van der Waals surface area (Å²) in [6, 6.07) is 8.70. The number of rotatable bonds is 5. The summed E-state index contributed by atoms with van der Waals surface area (Å²) in [4.78, 5) is 0. The fourth-order valence-corrected chi connectivity index (χ4v) is 3.21. The van der Waals surface area contributed by atoms with E-state index in [0.717, 1.165) is 24.1 Å². The smallest absolute Gasteiger partial charge is 0.119 e. The summed E-state index contributed by atoms with van der Waals surface area (Å²) >= 11 is 0. The molecule has 0 saturated carbocycles. The molecule has 1 aliphatic carbocycles. The Morgan fingerprint density at radius 3 is 2.90 bits per heavy atom. The lowest BCUT2D eigenvalue weighted by molar-refractivity contribution is 0.366. The summed E-state index contributed by atoms with van der Waals surface area (Å²) in [5.74, 6) is 2.42. The summed E-state index contributed by atoms with van der Waals surface area (Å²) in [6.45, 7) is 7.90. The minimum absolute atomic E-state index is 0.367. The lowest BCUT2D eigenvalue weighted by Gasteiger charge is -2.27. The van der Waals surface area contributed by atoms with Gasteiger partial charge in [0.1, 0.15) is 5.75 Å².